The van der Waals surface area contributed by atoms with Gasteiger partial charge < -0.3 is 5.32 Å². The smallest absolute Gasteiger partial charge is 0.0332 e. The molecule has 2 heterocycles. The van der Waals surface area contributed by atoms with Crippen molar-refractivity contribution in [2.45, 2.75) is 64.1 Å². The number of nitrogens with zero attached hydrogens (tertiary/aromatic N) is 1. The summed E-state index contributed by atoms with van der Waals surface area (Å²) < 4.78 is 0. The molecule has 1 aliphatic heterocycles. The highest BCUT2D eigenvalue weighted by atomic mass is 32.1. The normalized spacial score (nSPS) is 27.2. The van der Waals surface area contributed by atoms with Gasteiger partial charge in [-0.1, -0.05) is 19.8 Å². The topological polar surface area (TPSA) is 15.3 Å². The first-order chi connectivity index (χ1) is 9.21. The Morgan fingerprint density at radius 1 is 1.37 bits per heavy atom. The van der Waals surface area contributed by atoms with Gasteiger partial charge in [-0.15, -0.1) is 11.3 Å². The van der Waals surface area contributed by atoms with E-state index < -0.39 is 0 Å². The van der Waals surface area contributed by atoms with E-state index in [-0.39, 0.29) is 0 Å². The molecule has 19 heavy (non-hydrogen) atoms. The van der Waals surface area contributed by atoms with Crippen LogP contribution in [0.3, 0.4) is 0 Å². The summed E-state index contributed by atoms with van der Waals surface area (Å²) in [5.41, 5.74) is 0.442. The Morgan fingerprint density at radius 3 is 2.79 bits per heavy atom. The predicted molar refractivity (Wildman–Crippen MR) is 82.7 cm³/mol. The van der Waals surface area contributed by atoms with Gasteiger partial charge in [-0.25, -0.2) is 0 Å². The van der Waals surface area contributed by atoms with E-state index in [1.807, 2.05) is 11.3 Å². The van der Waals surface area contributed by atoms with Crippen molar-refractivity contribution in [2.75, 3.05) is 13.1 Å². The van der Waals surface area contributed by atoms with E-state index in [2.05, 4.69) is 36.2 Å². The number of aryl methyl sites for hydroxylation is 1. The first-order valence-corrected chi connectivity index (χ1v) is 8.57. The van der Waals surface area contributed by atoms with E-state index in [1.54, 1.807) is 0 Å². The summed E-state index contributed by atoms with van der Waals surface area (Å²) in [6.45, 7) is 8.12. The summed E-state index contributed by atoms with van der Waals surface area (Å²) in [7, 11) is 0. The van der Waals surface area contributed by atoms with Gasteiger partial charge in [0.25, 0.3) is 0 Å². The zero-order valence-corrected chi connectivity index (χ0v) is 13.1. The SMILES string of the molecule is CCC1CNC2(CCCC2)CN1Cc1ccc(C)s1. The van der Waals surface area contributed by atoms with E-state index in [4.69, 9.17) is 0 Å². The van der Waals surface area contributed by atoms with E-state index in [0.717, 1.165) is 6.54 Å². The van der Waals surface area contributed by atoms with E-state index >= 15 is 0 Å². The highest BCUT2D eigenvalue weighted by molar-refractivity contribution is 7.11. The molecule has 1 saturated heterocycles. The average molecular weight is 278 g/mol. The lowest BCUT2D eigenvalue weighted by molar-refractivity contribution is 0.0727. The third kappa shape index (κ3) is 2.88. The summed E-state index contributed by atoms with van der Waals surface area (Å²) >= 11 is 1.96. The number of nitrogens with one attached hydrogen (secondary N) is 1. The molecule has 3 rings (SSSR count). The van der Waals surface area contributed by atoms with Crippen LogP contribution in [0.25, 0.3) is 0 Å². The highest BCUT2D eigenvalue weighted by Gasteiger charge is 2.40. The van der Waals surface area contributed by atoms with Crippen LogP contribution in [-0.4, -0.2) is 29.6 Å². The fourth-order valence-electron chi connectivity index (χ4n) is 3.78. The van der Waals surface area contributed by atoms with E-state index in [1.165, 1.54) is 54.9 Å². The van der Waals surface area contributed by atoms with Crippen molar-refractivity contribution in [3.05, 3.63) is 21.9 Å². The first-order valence-electron chi connectivity index (χ1n) is 7.75. The van der Waals surface area contributed by atoms with Gasteiger partial charge in [0.15, 0.2) is 0 Å². The lowest BCUT2D eigenvalue weighted by atomic mass is 9.91. The monoisotopic (exact) mass is 278 g/mol. The lowest BCUT2D eigenvalue weighted by Crippen LogP contribution is -2.62. The maximum absolute atomic E-state index is 3.88. The van der Waals surface area contributed by atoms with Crippen molar-refractivity contribution >= 4 is 11.3 Å². The number of piperazine rings is 1. The molecule has 1 saturated carbocycles. The molecule has 1 unspecified atom stereocenters. The minimum absolute atomic E-state index is 0.442. The average Bonchev–Trinajstić information content (AvgIpc) is 3.00. The second-order valence-electron chi connectivity index (χ2n) is 6.35. The van der Waals surface area contributed by atoms with Gasteiger partial charge in [0.05, 0.1) is 0 Å². The molecule has 2 nitrogen and oxygen atoms in total. The maximum Gasteiger partial charge on any atom is 0.0332 e. The summed E-state index contributed by atoms with van der Waals surface area (Å²) in [5.74, 6) is 0. The van der Waals surface area contributed by atoms with Crippen molar-refractivity contribution in [2.24, 2.45) is 0 Å². The molecule has 2 aliphatic rings. The van der Waals surface area contributed by atoms with Crippen LogP contribution in [0.5, 0.6) is 0 Å². The fourth-order valence-corrected chi connectivity index (χ4v) is 4.70. The van der Waals surface area contributed by atoms with Gasteiger partial charge in [0.2, 0.25) is 0 Å². The van der Waals surface area contributed by atoms with Crippen LogP contribution in [0.4, 0.5) is 0 Å². The Bertz CT molecular complexity index is 420. The van der Waals surface area contributed by atoms with Gasteiger partial charge >= 0.3 is 0 Å². The van der Waals surface area contributed by atoms with Crippen molar-refractivity contribution in [3.8, 4) is 0 Å². The molecule has 106 valence electrons. The summed E-state index contributed by atoms with van der Waals surface area (Å²) in [5, 5.41) is 3.88. The number of thiophene rings is 1. The van der Waals surface area contributed by atoms with Gasteiger partial charge in [-0.05, 0) is 38.3 Å². The molecule has 0 aromatic carbocycles. The second-order valence-corrected chi connectivity index (χ2v) is 7.72. The Balaban J connectivity index is 1.71. The van der Waals surface area contributed by atoms with Crippen molar-refractivity contribution < 1.29 is 0 Å². The Labute approximate surface area is 121 Å². The molecule has 1 aromatic rings. The highest BCUT2D eigenvalue weighted by Crippen LogP contribution is 2.34. The molecule has 0 radical (unpaired) electrons. The zero-order valence-electron chi connectivity index (χ0n) is 12.2. The quantitative estimate of drug-likeness (QED) is 0.909. The predicted octanol–water partition coefficient (Wildman–Crippen LogP) is 3.55. The van der Waals surface area contributed by atoms with E-state index in [0.29, 0.717) is 11.6 Å². The van der Waals surface area contributed by atoms with Crippen LogP contribution in [0, 0.1) is 6.92 Å². The molecule has 0 bridgehead atoms. The lowest BCUT2D eigenvalue weighted by Gasteiger charge is -2.46. The van der Waals surface area contributed by atoms with Crippen molar-refractivity contribution in [1.82, 2.24) is 10.2 Å². The summed E-state index contributed by atoms with van der Waals surface area (Å²) in [6.07, 6.45) is 6.84. The van der Waals surface area contributed by atoms with Crippen LogP contribution in [-0.2, 0) is 6.54 Å². The van der Waals surface area contributed by atoms with Crippen molar-refractivity contribution in [3.63, 3.8) is 0 Å². The number of hydrogen-bond donors (Lipinski definition) is 1. The van der Waals surface area contributed by atoms with Gasteiger partial charge in [0, 0.05) is 41.0 Å². The Hall–Kier alpha value is -0.380. The number of rotatable bonds is 3. The molecule has 1 N–H and O–H groups in total. The summed E-state index contributed by atoms with van der Waals surface area (Å²) in [4.78, 5) is 5.72. The molecule has 3 heteroatoms. The third-order valence-corrected chi connectivity index (χ3v) is 5.91. The molecular formula is C16H26N2S. The molecule has 1 aliphatic carbocycles. The van der Waals surface area contributed by atoms with Crippen LogP contribution in [0.15, 0.2) is 12.1 Å². The molecule has 1 atom stereocenters. The zero-order chi connectivity index (χ0) is 13.3. The van der Waals surface area contributed by atoms with Gasteiger partial charge in [0.1, 0.15) is 0 Å². The Kier molecular flexibility index (Phi) is 3.97. The minimum Gasteiger partial charge on any atom is -0.308 e. The first kappa shape index (κ1) is 13.6. The van der Waals surface area contributed by atoms with Crippen LogP contribution in [0.1, 0.15) is 48.8 Å². The standard InChI is InChI=1S/C16H26N2S/c1-3-14-10-17-16(8-4-5-9-16)12-18(14)11-15-7-6-13(2)19-15/h6-7,14,17H,3-5,8-12H2,1-2H3. The molecule has 0 amide bonds. The minimum atomic E-state index is 0.442. The van der Waals surface area contributed by atoms with Crippen molar-refractivity contribution in [1.29, 1.82) is 0 Å². The summed E-state index contributed by atoms with van der Waals surface area (Å²) in [6, 6.07) is 5.29. The maximum atomic E-state index is 3.88. The molecule has 1 aromatic heterocycles. The molecule has 2 fully saturated rings. The Morgan fingerprint density at radius 2 is 2.16 bits per heavy atom. The van der Waals surface area contributed by atoms with E-state index in [9.17, 15) is 0 Å². The second kappa shape index (κ2) is 5.55. The van der Waals surface area contributed by atoms with Crippen LogP contribution in [0.2, 0.25) is 0 Å². The number of hydrogen-bond acceptors (Lipinski definition) is 3. The third-order valence-electron chi connectivity index (χ3n) is 4.92. The van der Waals surface area contributed by atoms with Gasteiger partial charge in [-0.2, -0.15) is 0 Å². The van der Waals surface area contributed by atoms with Gasteiger partial charge in [-0.3, -0.25) is 4.90 Å². The molecular weight excluding hydrogens is 252 g/mol. The molecule has 1 spiro atoms. The fraction of sp³-hybridized carbons (Fsp3) is 0.750. The van der Waals surface area contributed by atoms with Crippen LogP contribution >= 0.6 is 11.3 Å². The van der Waals surface area contributed by atoms with Crippen LogP contribution < -0.4 is 5.32 Å². The largest absolute Gasteiger partial charge is 0.308 e.